The van der Waals surface area contributed by atoms with Gasteiger partial charge in [0.25, 0.3) is 0 Å². The van der Waals surface area contributed by atoms with Crippen LogP contribution in [0.4, 0.5) is 11.4 Å². The maximum Gasteiger partial charge on any atom is 0.0607 e. The number of rotatable bonds is 6. The van der Waals surface area contributed by atoms with Gasteiger partial charge in [0.1, 0.15) is 0 Å². The zero-order chi connectivity index (χ0) is 15.4. The molecule has 1 aromatic carbocycles. The summed E-state index contributed by atoms with van der Waals surface area (Å²) in [6, 6.07) is 9.34. The van der Waals surface area contributed by atoms with Gasteiger partial charge in [-0.15, -0.1) is 0 Å². The molecule has 2 atom stereocenters. The molecule has 0 saturated heterocycles. The Morgan fingerprint density at radius 3 is 2.33 bits per heavy atom. The van der Waals surface area contributed by atoms with Crippen LogP contribution < -0.4 is 15.1 Å². The largest absolute Gasteiger partial charge is 0.371 e. The zero-order valence-electron chi connectivity index (χ0n) is 14.3. The second-order valence-electron chi connectivity index (χ2n) is 6.87. The Hall–Kier alpha value is -1.22. The molecule has 0 radical (unpaired) electrons. The van der Waals surface area contributed by atoms with Crippen molar-refractivity contribution in [2.24, 2.45) is 11.8 Å². The first-order valence-corrected chi connectivity index (χ1v) is 8.28. The van der Waals surface area contributed by atoms with Gasteiger partial charge in [-0.2, -0.15) is 0 Å². The van der Waals surface area contributed by atoms with E-state index in [0.29, 0.717) is 12.0 Å². The highest BCUT2D eigenvalue weighted by Gasteiger charge is 2.26. The molecule has 3 nitrogen and oxygen atoms in total. The minimum absolute atomic E-state index is 0.555. The molecule has 1 aliphatic heterocycles. The van der Waals surface area contributed by atoms with E-state index in [1.54, 1.807) is 0 Å². The van der Waals surface area contributed by atoms with Gasteiger partial charge in [-0.1, -0.05) is 32.9 Å². The Bertz CT molecular complexity index is 444. The van der Waals surface area contributed by atoms with Crippen LogP contribution in [0, 0.1) is 11.8 Å². The number of nitrogens with one attached hydrogen (secondary N) is 1. The van der Waals surface area contributed by atoms with Gasteiger partial charge in [0, 0.05) is 26.2 Å². The fourth-order valence-electron chi connectivity index (χ4n) is 3.03. The second-order valence-corrected chi connectivity index (χ2v) is 6.87. The number of para-hydroxylation sites is 2. The topological polar surface area (TPSA) is 18.5 Å². The Morgan fingerprint density at radius 1 is 1.00 bits per heavy atom. The Kier molecular flexibility index (Phi) is 5.51. The van der Waals surface area contributed by atoms with E-state index >= 15 is 0 Å². The number of likely N-dealkylation sites (N-methyl/N-ethyl adjacent to an activating group) is 1. The highest BCUT2D eigenvalue weighted by Crippen LogP contribution is 2.34. The van der Waals surface area contributed by atoms with Gasteiger partial charge in [-0.25, -0.2) is 0 Å². The van der Waals surface area contributed by atoms with Crippen LogP contribution in [-0.4, -0.2) is 39.3 Å². The SMILES string of the molecule is CC(C)CNCC(C)C(C)N1CCN(C)c2ccccc21. The lowest BCUT2D eigenvalue weighted by molar-refractivity contribution is 0.405. The lowest BCUT2D eigenvalue weighted by Crippen LogP contribution is -2.48. The van der Waals surface area contributed by atoms with Crippen molar-refractivity contribution in [2.45, 2.75) is 33.7 Å². The third-order valence-electron chi connectivity index (χ3n) is 4.61. The van der Waals surface area contributed by atoms with E-state index in [2.05, 4.69) is 74.1 Å². The maximum absolute atomic E-state index is 3.60. The second kappa shape index (κ2) is 7.17. The third kappa shape index (κ3) is 3.91. The summed E-state index contributed by atoms with van der Waals surface area (Å²) >= 11 is 0. The van der Waals surface area contributed by atoms with Crippen molar-refractivity contribution in [3.8, 4) is 0 Å². The minimum Gasteiger partial charge on any atom is -0.371 e. The normalized spacial score (nSPS) is 17.8. The van der Waals surface area contributed by atoms with Crippen LogP contribution in [0.5, 0.6) is 0 Å². The quantitative estimate of drug-likeness (QED) is 0.867. The lowest BCUT2D eigenvalue weighted by atomic mass is 9.99. The van der Waals surface area contributed by atoms with E-state index in [-0.39, 0.29) is 0 Å². The first-order valence-electron chi connectivity index (χ1n) is 8.28. The fraction of sp³-hybridized carbons (Fsp3) is 0.667. The molecule has 1 N–H and O–H groups in total. The average Bonchev–Trinajstić information content (AvgIpc) is 2.47. The van der Waals surface area contributed by atoms with Crippen LogP contribution in [0.1, 0.15) is 27.7 Å². The summed E-state index contributed by atoms with van der Waals surface area (Å²) in [7, 11) is 2.19. The number of hydrogen-bond acceptors (Lipinski definition) is 3. The molecule has 21 heavy (non-hydrogen) atoms. The van der Waals surface area contributed by atoms with Gasteiger partial charge in [0.2, 0.25) is 0 Å². The molecule has 0 amide bonds. The molecule has 2 unspecified atom stereocenters. The van der Waals surface area contributed by atoms with Gasteiger partial charge in [0.05, 0.1) is 11.4 Å². The molecule has 1 heterocycles. The van der Waals surface area contributed by atoms with E-state index in [1.807, 2.05) is 0 Å². The van der Waals surface area contributed by atoms with Crippen molar-refractivity contribution in [1.29, 1.82) is 0 Å². The Labute approximate surface area is 130 Å². The van der Waals surface area contributed by atoms with Crippen LogP contribution in [-0.2, 0) is 0 Å². The van der Waals surface area contributed by atoms with Gasteiger partial charge in [-0.3, -0.25) is 0 Å². The number of hydrogen-bond donors (Lipinski definition) is 1. The molecule has 1 aromatic rings. The van der Waals surface area contributed by atoms with Crippen molar-refractivity contribution in [1.82, 2.24) is 5.32 Å². The molecule has 1 aliphatic rings. The van der Waals surface area contributed by atoms with Crippen molar-refractivity contribution < 1.29 is 0 Å². The average molecular weight is 289 g/mol. The number of nitrogens with zero attached hydrogens (tertiary/aromatic N) is 2. The van der Waals surface area contributed by atoms with Gasteiger partial charge >= 0.3 is 0 Å². The first kappa shape index (κ1) is 16.2. The van der Waals surface area contributed by atoms with E-state index in [4.69, 9.17) is 0 Å². The molecule has 0 aliphatic carbocycles. The zero-order valence-corrected chi connectivity index (χ0v) is 14.3. The summed E-state index contributed by atoms with van der Waals surface area (Å²) in [6.45, 7) is 13.7. The van der Waals surface area contributed by atoms with E-state index in [0.717, 1.165) is 32.1 Å². The van der Waals surface area contributed by atoms with Crippen molar-refractivity contribution in [3.63, 3.8) is 0 Å². The summed E-state index contributed by atoms with van der Waals surface area (Å²) in [5, 5.41) is 3.60. The highest BCUT2D eigenvalue weighted by molar-refractivity contribution is 5.73. The van der Waals surface area contributed by atoms with Crippen LogP contribution >= 0.6 is 0 Å². The van der Waals surface area contributed by atoms with Gasteiger partial charge < -0.3 is 15.1 Å². The summed E-state index contributed by atoms with van der Waals surface area (Å²) in [5.74, 6) is 1.36. The Balaban J connectivity index is 2.02. The summed E-state index contributed by atoms with van der Waals surface area (Å²) in [4.78, 5) is 4.94. The molecule has 0 spiro atoms. The molecule has 0 bridgehead atoms. The molecular formula is C18H31N3. The molecular weight excluding hydrogens is 258 g/mol. The minimum atomic E-state index is 0.555. The Morgan fingerprint density at radius 2 is 1.67 bits per heavy atom. The molecule has 2 rings (SSSR count). The lowest BCUT2D eigenvalue weighted by Gasteiger charge is -2.42. The van der Waals surface area contributed by atoms with Crippen molar-refractivity contribution in [3.05, 3.63) is 24.3 Å². The van der Waals surface area contributed by atoms with Crippen LogP contribution in [0.3, 0.4) is 0 Å². The number of fused-ring (bicyclic) bond motifs is 1. The van der Waals surface area contributed by atoms with E-state index in [9.17, 15) is 0 Å². The molecule has 118 valence electrons. The number of anilines is 2. The van der Waals surface area contributed by atoms with E-state index < -0.39 is 0 Å². The smallest absolute Gasteiger partial charge is 0.0607 e. The third-order valence-corrected chi connectivity index (χ3v) is 4.61. The molecule has 0 aromatic heterocycles. The molecule has 0 fully saturated rings. The maximum atomic E-state index is 3.60. The van der Waals surface area contributed by atoms with Crippen LogP contribution in [0.25, 0.3) is 0 Å². The monoisotopic (exact) mass is 289 g/mol. The summed E-state index contributed by atoms with van der Waals surface area (Å²) < 4.78 is 0. The van der Waals surface area contributed by atoms with Crippen LogP contribution in [0.15, 0.2) is 24.3 Å². The fourth-order valence-corrected chi connectivity index (χ4v) is 3.03. The van der Waals surface area contributed by atoms with Crippen LogP contribution in [0.2, 0.25) is 0 Å². The number of benzene rings is 1. The standard InChI is InChI=1S/C18H31N3/c1-14(2)12-19-13-15(3)16(4)21-11-10-20(5)17-8-6-7-9-18(17)21/h6-9,14-16,19H,10-13H2,1-5H3. The highest BCUT2D eigenvalue weighted by atomic mass is 15.3. The molecule has 0 saturated carbocycles. The summed E-state index contributed by atoms with van der Waals surface area (Å²) in [5.41, 5.74) is 2.74. The van der Waals surface area contributed by atoms with Crippen molar-refractivity contribution >= 4 is 11.4 Å². The molecule has 3 heteroatoms. The predicted molar refractivity (Wildman–Crippen MR) is 93.4 cm³/mol. The summed E-state index contributed by atoms with van der Waals surface area (Å²) in [6.07, 6.45) is 0. The van der Waals surface area contributed by atoms with E-state index in [1.165, 1.54) is 11.4 Å². The first-order chi connectivity index (χ1) is 10.0. The van der Waals surface area contributed by atoms with Gasteiger partial charge in [-0.05, 0) is 44.0 Å². The van der Waals surface area contributed by atoms with Gasteiger partial charge in [0.15, 0.2) is 0 Å². The predicted octanol–water partition coefficient (Wildman–Crippen LogP) is 3.21. The van der Waals surface area contributed by atoms with Crippen molar-refractivity contribution in [2.75, 3.05) is 43.0 Å².